The van der Waals surface area contributed by atoms with Crippen molar-refractivity contribution in [1.29, 1.82) is 0 Å². The first-order valence-electron chi connectivity index (χ1n) is 9.73. The lowest BCUT2D eigenvalue weighted by molar-refractivity contribution is -0.142. The van der Waals surface area contributed by atoms with Gasteiger partial charge in [0.15, 0.2) is 0 Å². The molecule has 3 aromatic rings. The van der Waals surface area contributed by atoms with Crippen molar-refractivity contribution in [2.24, 2.45) is 0 Å². The Morgan fingerprint density at radius 2 is 1.77 bits per heavy atom. The predicted octanol–water partition coefficient (Wildman–Crippen LogP) is 3.83. The quantitative estimate of drug-likeness (QED) is 0.572. The van der Waals surface area contributed by atoms with Gasteiger partial charge < -0.3 is 15.0 Å². The van der Waals surface area contributed by atoms with Gasteiger partial charge in [0, 0.05) is 18.2 Å². The highest BCUT2D eigenvalue weighted by atomic mass is 35.5. The van der Waals surface area contributed by atoms with Crippen molar-refractivity contribution in [3.8, 4) is 11.1 Å². The van der Waals surface area contributed by atoms with Crippen molar-refractivity contribution in [1.82, 2.24) is 10.3 Å². The number of esters is 1. The lowest BCUT2D eigenvalue weighted by Gasteiger charge is -2.18. The Morgan fingerprint density at radius 3 is 2.39 bits per heavy atom. The number of ether oxygens (including phenoxy) is 1. The molecule has 0 unspecified atom stereocenters. The smallest absolute Gasteiger partial charge is 0.328 e. The average molecular weight is 439 g/mol. The van der Waals surface area contributed by atoms with Crippen molar-refractivity contribution >= 4 is 23.5 Å². The minimum absolute atomic E-state index is 0.164. The van der Waals surface area contributed by atoms with Crippen molar-refractivity contribution in [2.45, 2.75) is 26.3 Å². The number of halogens is 1. The van der Waals surface area contributed by atoms with Crippen LogP contribution >= 0.6 is 11.6 Å². The number of rotatable bonds is 6. The fourth-order valence-electron chi connectivity index (χ4n) is 3.46. The summed E-state index contributed by atoms with van der Waals surface area (Å²) in [6.07, 6.45) is 1.84. The first-order chi connectivity index (χ1) is 14.8. The zero-order chi connectivity index (χ0) is 22.5. The van der Waals surface area contributed by atoms with Gasteiger partial charge in [0.1, 0.15) is 6.04 Å². The number of aromatic nitrogens is 1. The van der Waals surface area contributed by atoms with Crippen LogP contribution in [0.4, 0.5) is 0 Å². The number of H-pyrrole nitrogens is 1. The summed E-state index contributed by atoms with van der Waals surface area (Å²) in [6, 6.07) is 13.4. The molecule has 6 nitrogen and oxygen atoms in total. The highest BCUT2D eigenvalue weighted by Crippen LogP contribution is 2.21. The third-order valence-corrected chi connectivity index (χ3v) is 5.41. The average Bonchev–Trinajstić information content (AvgIpc) is 2.73. The Kier molecular flexibility index (Phi) is 6.92. The van der Waals surface area contributed by atoms with Gasteiger partial charge in [-0.25, -0.2) is 4.79 Å². The van der Waals surface area contributed by atoms with Gasteiger partial charge in [0.2, 0.25) is 0 Å². The molecule has 0 aliphatic heterocycles. The molecule has 1 aromatic heterocycles. The minimum atomic E-state index is -0.888. The molecule has 3 rings (SSSR count). The molecule has 0 saturated heterocycles. The van der Waals surface area contributed by atoms with Crippen LogP contribution in [0.1, 0.15) is 27.0 Å². The number of pyridine rings is 1. The second kappa shape index (κ2) is 9.62. The minimum Gasteiger partial charge on any atom is -0.467 e. The number of hydrogen-bond donors (Lipinski definition) is 2. The molecule has 1 atom stereocenters. The number of carbonyl (C=O) groups excluding carboxylic acids is 2. The fraction of sp³-hybridized carbons (Fsp3) is 0.208. The number of aromatic amines is 1. The molecule has 0 radical (unpaired) electrons. The van der Waals surface area contributed by atoms with Crippen LogP contribution in [0.25, 0.3) is 11.1 Å². The second-order valence-corrected chi connectivity index (χ2v) is 7.65. The zero-order valence-corrected chi connectivity index (χ0v) is 18.2. The van der Waals surface area contributed by atoms with E-state index in [0.717, 1.165) is 16.7 Å². The molecule has 0 bridgehead atoms. The Balaban J connectivity index is 1.82. The van der Waals surface area contributed by atoms with Gasteiger partial charge in [-0.15, -0.1) is 0 Å². The van der Waals surface area contributed by atoms with Crippen molar-refractivity contribution in [2.75, 3.05) is 7.11 Å². The number of carbonyl (C=O) groups is 2. The van der Waals surface area contributed by atoms with E-state index in [4.69, 9.17) is 16.3 Å². The molecule has 7 heteroatoms. The van der Waals surface area contributed by atoms with Gasteiger partial charge in [0.25, 0.3) is 11.5 Å². The molecule has 1 heterocycles. The molecule has 0 aliphatic carbocycles. The van der Waals surface area contributed by atoms with E-state index >= 15 is 0 Å². The van der Waals surface area contributed by atoms with Crippen molar-refractivity contribution in [3.05, 3.63) is 92.4 Å². The highest BCUT2D eigenvalue weighted by Gasteiger charge is 2.24. The third kappa shape index (κ3) is 5.03. The summed E-state index contributed by atoms with van der Waals surface area (Å²) in [7, 11) is 1.27. The van der Waals surface area contributed by atoms with E-state index in [1.807, 2.05) is 37.3 Å². The Hall–Kier alpha value is -3.38. The summed E-state index contributed by atoms with van der Waals surface area (Å²) in [5, 5.41) is 3.04. The van der Waals surface area contributed by atoms with E-state index < -0.39 is 17.9 Å². The molecule has 0 aliphatic rings. The van der Waals surface area contributed by atoms with E-state index in [2.05, 4.69) is 10.3 Å². The first kappa shape index (κ1) is 22.3. The highest BCUT2D eigenvalue weighted by molar-refractivity contribution is 6.34. The normalized spacial score (nSPS) is 11.6. The lowest BCUT2D eigenvalue weighted by Crippen LogP contribution is -2.43. The van der Waals surface area contributed by atoms with Crippen LogP contribution in [-0.2, 0) is 16.0 Å². The summed E-state index contributed by atoms with van der Waals surface area (Å²) in [5.41, 5.74) is 3.91. The standard InChI is InChI=1S/C24H23ClN2O4/c1-14-5-4-6-18(25)21(14)23(29)27-19(24(30)31-3)13-16-7-9-17(10-8-16)20-15(2)11-12-26-22(20)28/h4-12,19H,13H2,1-3H3,(H,26,28)(H,27,29)/t19-/m0/s1. The van der Waals surface area contributed by atoms with Crippen LogP contribution < -0.4 is 10.9 Å². The summed E-state index contributed by atoms with van der Waals surface area (Å²) in [5.74, 6) is -1.00. The Labute approximate surface area is 185 Å². The van der Waals surface area contributed by atoms with Crippen LogP contribution in [0.15, 0.2) is 59.5 Å². The van der Waals surface area contributed by atoms with E-state index in [0.29, 0.717) is 21.7 Å². The molecular formula is C24H23ClN2O4. The van der Waals surface area contributed by atoms with Crippen LogP contribution in [-0.4, -0.2) is 30.0 Å². The van der Waals surface area contributed by atoms with Crippen LogP contribution in [0, 0.1) is 13.8 Å². The fourth-order valence-corrected chi connectivity index (χ4v) is 3.77. The van der Waals surface area contributed by atoms with Gasteiger partial charge in [-0.2, -0.15) is 0 Å². The summed E-state index contributed by atoms with van der Waals surface area (Å²) < 4.78 is 4.87. The Bertz CT molecular complexity index is 1150. The van der Waals surface area contributed by atoms with Crippen molar-refractivity contribution < 1.29 is 14.3 Å². The first-order valence-corrected chi connectivity index (χ1v) is 10.1. The number of nitrogens with one attached hydrogen (secondary N) is 2. The number of aryl methyl sites for hydroxylation is 2. The molecule has 2 N–H and O–H groups in total. The number of methoxy groups -OCH3 is 1. The van der Waals surface area contributed by atoms with Gasteiger partial charge in [-0.1, -0.05) is 48.0 Å². The monoisotopic (exact) mass is 438 g/mol. The maximum atomic E-state index is 12.8. The zero-order valence-electron chi connectivity index (χ0n) is 17.5. The maximum absolute atomic E-state index is 12.8. The van der Waals surface area contributed by atoms with Gasteiger partial charge >= 0.3 is 5.97 Å². The van der Waals surface area contributed by atoms with Gasteiger partial charge in [0.05, 0.1) is 17.7 Å². The summed E-state index contributed by atoms with van der Waals surface area (Å²) >= 11 is 6.18. The summed E-state index contributed by atoms with van der Waals surface area (Å²) in [6.45, 7) is 3.65. The second-order valence-electron chi connectivity index (χ2n) is 7.25. The Morgan fingerprint density at radius 1 is 1.06 bits per heavy atom. The predicted molar refractivity (Wildman–Crippen MR) is 120 cm³/mol. The molecule has 160 valence electrons. The van der Waals surface area contributed by atoms with Crippen LogP contribution in [0.5, 0.6) is 0 Å². The van der Waals surface area contributed by atoms with E-state index in [1.54, 1.807) is 31.3 Å². The third-order valence-electron chi connectivity index (χ3n) is 5.09. The molecule has 0 saturated carbocycles. The van der Waals surface area contributed by atoms with Crippen LogP contribution in [0.2, 0.25) is 5.02 Å². The molecule has 2 aromatic carbocycles. The maximum Gasteiger partial charge on any atom is 0.328 e. The SMILES string of the molecule is COC(=O)[C@H](Cc1ccc(-c2c(C)cc[nH]c2=O)cc1)NC(=O)c1c(C)cccc1Cl. The van der Waals surface area contributed by atoms with E-state index in [1.165, 1.54) is 7.11 Å². The van der Waals surface area contributed by atoms with Crippen LogP contribution in [0.3, 0.4) is 0 Å². The topological polar surface area (TPSA) is 88.3 Å². The van der Waals surface area contributed by atoms with Crippen molar-refractivity contribution in [3.63, 3.8) is 0 Å². The number of hydrogen-bond acceptors (Lipinski definition) is 4. The molecule has 1 amide bonds. The molecule has 0 spiro atoms. The molecular weight excluding hydrogens is 416 g/mol. The molecule has 0 fully saturated rings. The molecule has 31 heavy (non-hydrogen) atoms. The van der Waals surface area contributed by atoms with Gasteiger partial charge in [-0.3, -0.25) is 9.59 Å². The van der Waals surface area contributed by atoms with E-state index in [-0.39, 0.29) is 12.0 Å². The van der Waals surface area contributed by atoms with Gasteiger partial charge in [-0.05, 0) is 48.2 Å². The largest absolute Gasteiger partial charge is 0.467 e. The summed E-state index contributed by atoms with van der Waals surface area (Å²) in [4.78, 5) is 39.9. The van der Waals surface area contributed by atoms with E-state index in [9.17, 15) is 14.4 Å². The number of benzene rings is 2. The lowest BCUT2D eigenvalue weighted by atomic mass is 9.98. The number of amides is 1.